The normalized spacial score (nSPS) is 12.1. The van der Waals surface area contributed by atoms with E-state index < -0.39 is 5.97 Å². The van der Waals surface area contributed by atoms with Crippen LogP contribution in [0.5, 0.6) is 0 Å². The van der Waals surface area contributed by atoms with E-state index in [1.54, 1.807) is 0 Å². The molecule has 0 spiro atoms. The van der Waals surface area contributed by atoms with Crippen LogP contribution in [0.2, 0.25) is 0 Å². The number of halogens is 1. The van der Waals surface area contributed by atoms with Crippen LogP contribution in [0.25, 0.3) is 0 Å². The molecule has 0 bridgehead atoms. The van der Waals surface area contributed by atoms with E-state index in [0.29, 0.717) is 0 Å². The van der Waals surface area contributed by atoms with Gasteiger partial charge in [0.2, 0.25) is 0 Å². The molecule has 0 aliphatic heterocycles. The highest BCUT2D eigenvalue weighted by atomic mass is 79.9. The lowest BCUT2D eigenvalue weighted by atomic mass is 10.0. The molecule has 0 aliphatic carbocycles. The fourth-order valence-corrected chi connectivity index (χ4v) is 4.52. The highest BCUT2D eigenvalue weighted by Crippen LogP contribution is 2.16. The van der Waals surface area contributed by atoms with Gasteiger partial charge in [-0.1, -0.05) is 144 Å². The second-order valence-electron chi connectivity index (χ2n) is 9.39. The van der Waals surface area contributed by atoms with Crippen molar-refractivity contribution in [2.45, 2.75) is 155 Å². The van der Waals surface area contributed by atoms with Crippen LogP contribution in [0.4, 0.5) is 0 Å². The van der Waals surface area contributed by atoms with Crippen LogP contribution in [-0.2, 0) is 4.79 Å². The van der Waals surface area contributed by atoms with Gasteiger partial charge < -0.3 is 5.11 Å². The molecule has 0 aromatic carbocycles. The SMILES string of the molecule is CCCCCCCCCCCCCCCCCCC/C=C/CC/C(Br)=C/CCCC(=O)O. The fraction of sp³-hybridized carbons (Fsp3) is 0.828. The number of carbonyl (C=O) groups is 1. The zero-order valence-corrected chi connectivity index (χ0v) is 22.8. The molecule has 1 N–H and O–H groups in total. The van der Waals surface area contributed by atoms with Crippen molar-refractivity contribution in [3.05, 3.63) is 22.7 Å². The summed E-state index contributed by atoms with van der Waals surface area (Å²) in [5, 5.41) is 8.63. The standard InChI is InChI=1S/C29H53BrO2/c1-2-3-4-5-6-7-8-9-10-11-12-13-14-15-16-17-18-19-20-21-22-25-28(30)26-23-24-27-29(31)32/h20-21,26H,2-19,22-25,27H2,1H3,(H,31,32)/b21-20+,28-26-. The van der Waals surface area contributed by atoms with Gasteiger partial charge in [-0.25, -0.2) is 0 Å². The predicted molar refractivity (Wildman–Crippen MR) is 146 cm³/mol. The Morgan fingerprint density at radius 3 is 1.50 bits per heavy atom. The summed E-state index contributed by atoms with van der Waals surface area (Å²) >= 11 is 3.58. The van der Waals surface area contributed by atoms with Gasteiger partial charge in [0.15, 0.2) is 0 Å². The lowest BCUT2D eigenvalue weighted by Gasteiger charge is -2.03. The first kappa shape index (κ1) is 31.4. The molecule has 0 rings (SSSR count). The molecule has 2 nitrogen and oxygen atoms in total. The van der Waals surface area contributed by atoms with Crippen molar-refractivity contribution < 1.29 is 9.90 Å². The zero-order chi connectivity index (χ0) is 23.5. The Balaban J connectivity index is 3.22. The number of carboxylic acid groups (broad SMARTS) is 1. The third-order valence-electron chi connectivity index (χ3n) is 6.15. The van der Waals surface area contributed by atoms with E-state index in [0.717, 1.165) is 25.7 Å². The van der Waals surface area contributed by atoms with Crippen molar-refractivity contribution in [3.63, 3.8) is 0 Å². The molecule has 0 aliphatic rings. The van der Waals surface area contributed by atoms with Gasteiger partial charge >= 0.3 is 5.97 Å². The summed E-state index contributed by atoms with van der Waals surface area (Å²) in [6.45, 7) is 2.29. The van der Waals surface area contributed by atoms with E-state index in [9.17, 15) is 4.79 Å². The lowest BCUT2D eigenvalue weighted by molar-refractivity contribution is -0.137. The fourth-order valence-electron chi connectivity index (χ4n) is 4.06. The topological polar surface area (TPSA) is 37.3 Å². The molecule has 0 unspecified atom stereocenters. The Kier molecular flexibility index (Phi) is 26.2. The Morgan fingerprint density at radius 1 is 0.594 bits per heavy atom. The molecular formula is C29H53BrO2. The number of hydrogen-bond acceptors (Lipinski definition) is 1. The first-order valence-corrected chi connectivity index (χ1v) is 14.7. The highest BCUT2D eigenvalue weighted by Gasteiger charge is 1.96. The Morgan fingerprint density at radius 2 is 1.03 bits per heavy atom. The molecule has 0 radical (unpaired) electrons. The van der Waals surface area contributed by atoms with Gasteiger partial charge in [0, 0.05) is 6.42 Å². The Bertz CT molecular complexity index is 456. The van der Waals surface area contributed by atoms with Gasteiger partial charge in [-0.15, -0.1) is 0 Å². The Hall–Kier alpha value is -0.570. The van der Waals surface area contributed by atoms with Crippen molar-refractivity contribution >= 4 is 21.9 Å². The van der Waals surface area contributed by atoms with Crippen LogP contribution < -0.4 is 0 Å². The van der Waals surface area contributed by atoms with Crippen molar-refractivity contribution in [1.29, 1.82) is 0 Å². The quantitative estimate of drug-likeness (QED) is 0.0973. The number of allylic oxidation sites excluding steroid dienone is 4. The molecule has 32 heavy (non-hydrogen) atoms. The smallest absolute Gasteiger partial charge is 0.303 e. The monoisotopic (exact) mass is 512 g/mol. The molecule has 0 aromatic heterocycles. The average Bonchev–Trinajstić information content (AvgIpc) is 2.77. The Labute approximate surface area is 208 Å². The molecule has 0 saturated carbocycles. The predicted octanol–water partition coefficient (Wildman–Crippen LogP) is 10.9. The van der Waals surface area contributed by atoms with Crippen molar-refractivity contribution in [1.82, 2.24) is 0 Å². The summed E-state index contributed by atoms with van der Waals surface area (Å²) in [6.07, 6.45) is 36.1. The minimum atomic E-state index is -0.707. The van der Waals surface area contributed by atoms with E-state index >= 15 is 0 Å². The third-order valence-corrected chi connectivity index (χ3v) is 6.87. The summed E-state index contributed by atoms with van der Waals surface area (Å²) < 4.78 is 1.20. The van der Waals surface area contributed by atoms with Crippen molar-refractivity contribution in [2.24, 2.45) is 0 Å². The molecule has 0 saturated heterocycles. The average molecular weight is 514 g/mol. The van der Waals surface area contributed by atoms with Crippen LogP contribution in [0.1, 0.15) is 155 Å². The molecule has 0 amide bonds. The first-order chi connectivity index (χ1) is 15.7. The van der Waals surface area contributed by atoms with Gasteiger partial charge in [-0.3, -0.25) is 4.79 Å². The van der Waals surface area contributed by atoms with Gasteiger partial charge in [0.25, 0.3) is 0 Å². The van der Waals surface area contributed by atoms with Gasteiger partial charge in [0.1, 0.15) is 0 Å². The van der Waals surface area contributed by atoms with Crippen LogP contribution in [-0.4, -0.2) is 11.1 Å². The summed E-state index contributed by atoms with van der Waals surface area (Å²) in [7, 11) is 0. The summed E-state index contributed by atoms with van der Waals surface area (Å²) in [5.41, 5.74) is 0. The van der Waals surface area contributed by atoms with Gasteiger partial charge in [0.05, 0.1) is 0 Å². The van der Waals surface area contributed by atoms with E-state index in [2.05, 4.69) is 41.1 Å². The van der Waals surface area contributed by atoms with E-state index in [-0.39, 0.29) is 6.42 Å². The molecule has 0 heterocycles. The van der Waals surface area contributed by atoms with Crippen LogP contribution in [0.15, 0.2) is 22.7 Å². The molecule has 0 fully saturated rings. The molecular weight excluding hydrogens is 460 g/mol. The zero-order valence-electron chi connectivity index (χ0n) is 21.2. The van der Waals surface area contributed by atoms with E-state index in [1.165, 1.54) is 120 Å². The lowest BCUT2D eigenvalue weighted by Crippen LogP contribution is -1.92. The van der Waals surface area contributed by atoms with Crippen LogP contribution in [0, 0.1) is 0 Å². The number of unbranched alkanes of at least 4 members (excludes halogenated alkanes) is 18. The number of carboxylic acids is 1. The van der Waals surface area contributed by atoms with E-state index in [4.69, 9.17) is 5.11 Å². The maximum Gasteiger partial charge on any atom is 0.303 e. The summed E-state index contributed by atoms with van der Waals surface area (Å²) in [5.74, 6) is -0.707. The second kappa shape index (κ2) is 26.7. The van der Waals surface area contributed by atoms with Crippen molar-refractivity contribution in [2.75, 3.05) is 0 Å². The number of aliphatic carboxylic acids is 1. The maximum atomic E-state index is 10.5. The number of hydrogen-bond donors (Lipinski definition) is 1. The van der Waals surface area contributed by atoms with Crippen LogP contribution >= 0.6 is 15.9 Å². The first-order valence-electron chi connectivity index (χ1n) is 13.9. The van der Waals surface area contributed by atoms with Gasteiger partial charge in [-0.2, -0.15) is 0 Å². The maximum absolute atomic E-state index is 10.5. The van der Waals surface area contributed by atoms with Gasteiger partial charge in [-0.05, 0) is 43.0 Å². The molecule has 0 aromatic rings. The minimum absolute atomic E-state index is 0.260. The van der Waals surface area contributed by atoms with Crippen LogP contribution in [0.3, 0.4) is 0 Å². The third kappa shape index (κ3) is 27.5. The second-order valence-corrected chi connectivity index (χ2v) is 10.4. The molecule has 3 heteroatoms. The molecule has 0 atom stereocenters. The summed E-state index contributed by atoms with van der Waals surface area (Å²) in [4.78, 5) is 10.5. The van der Waals surface area contributed by atoms with Crippen molar-refractivity contribution in [3.8, 4) is 0 Å². The van der Waals surface area contributed by atoms with E-state index in [1.807, 2.05) is 0 Å². The number of rotatable bonds is 25. The summed E-state index contributed by atoms with van der Waals surface area (Å²) in [6, 6.07) is 0. The molecule has 188 valence electrons. The largest absolute Gasteiger partial charge is 0.481 e. The highest BCUT2D eigenvalue weighted by molar-refractivity contribution is 9.11. The minimum Gasteiger partial charge on any atom is -0.481 e.